The monoisotopic (exact) mass is 498 g/mol. The van der Waals surface area contributed by atoms with Gasteiger partial charge < -0.3 is 10.6 Å². The molecule has 1 aliphatic heterocycles. The van der Waals surface area contributed by atoms with E-state index in [9.17, 15) is 14.4 Å². The van der Waals surface area contributed by atoms with Gasteiger partial charge in [-0.25, -0.2) is 9.78 Å². The summed E-state index contributed by atoms with van der Waals surface area (Å²) < 4.78 is 0. The third-order valence-electron chi connectivity index (χ3n) is 6.51. The molecule has 0 radical (unpaired) electrons. The maximum Gasteiger partial charge on any atom is 0.325 e. The summed E-state index contributed by atoms with van der Waals surface area (Å²) in [4.78, 5) is 43.9. The van der Waals surface area contributed by atoms with Crippen molar-refractivity contribution in [1.82, 2.24) is 20.5 Å². The second kappa shape index (κ2) is 9.54. The van der Waals surface area contributed by atoms with Crippen LogP contribution in [0.25, 0.3) is 22.0 Å². The lowest BCUT2D eigenvalue weighted by molar-refractivity contribution is -0.134. The van der Waals surface area contributed by atoms with E-state index < -0.39 is 17.5 Å². The van der Waals surface area contributed by atoms with Crippen molar-refractivity contribution in [3.05, 3.63) is 88.2 Å². The van der Waals surface area contributed by atoms with Crippen LogP contribution in [0.2, 0.25) is 0 Å². The fourth-order valence-electron chi connectivity index (χ4n) is 4.42. The van der Waals surface area contributed by atoms with E-state index in [-0.39, 0.29) is 12.5 Å². The molecule has 182 valence electrons. The van der Waals surface area contributed by atoms with Crippen LogP contribution in [0.15, 0.2) is 72.1 Å². The number of fused-ring (bicyclic) bond motifs is 1. The Hall–Kier alpha value is -4.04. The van der Waals surface area contributed by atoms with Gasteiger partial charge >= 0.3 is 6.03 Å². The number of amides is 4. The number of carbonyl (C=O) groups excluding carboxylic acids is 3. The predicted octanol–water partition coefficient (Wildman–Crippen LogP) is 4.40. The second-order valence-electron chi connectivity index (χ2n) is 9.06. The molecule has 4 amide bonds. The van der Waals surface area contributed by atoms with Crippen LogP contribution in [-0.2, 0) is 21.5 Å². The average Bonchev–Trinajstić information content (AvgIpc) is 3.41. The quantitative estimate of drug-likeness (QED) is 0.370. The number of hydrogen-bond acceptors (Lipinski definition) is 5. The van der Waals surface area contributed by atoms with E-state index in [1.165, 1.54) is 0 Å². The Balaban J connectivity index is 1.18. The van der Waals surface area contributed by atoms with Crippen LogP contribution in [0, 0.1) is 6.92 Å². The molecule has 36 heavy (non-hydrogen) atoms. The predicted molar refractivity (Wildman–Crippen MR) is 141 cm³/mol. The van der Waals surface area contributed by atoms with E-state index >= 15 is 0 Å². The first kappa shape index (κ1) is 23.7. The molecule has 4 aromatic rings. The molecule has 0 saturated carbocycles. The number of urea groups is 1. The van der Waals surface area contributed by atoms with Crippen LogP contribution in [0.4, 0.5) is 4.79 Å². The highest BCUT2D eigenvalue weighted by Gasteiger charge is 2.49. The molecule has 5 rings (SSSR count). The Morgan fingerprint density at radius 2 is 1.81 bits per heavy atom. The fourth-order valence-corrected chi connectivity index (χ4v) is 5.04. The van der Waals surface area contributed by atoms with E-state index in [0.29, 0.717) is 18.5 Å². The number of thiazole rings is 1. The highest BCUT2D eigenvalue weighted by Crippen LogP contribution is 2.31. The maximum absolute atomic E-state index is 13.2. The molecule has 7 nitrogen and oxygen atoms in total. The summed E-state index contributed by atoms with van der Waals surface area (Å²) in [5.41, 5.74) is 2.55. The van der Waals surface area contributed by atoms with Crippen LogP contribution < -0.4 is 10.6 Å². The summed E-state index contributed by atoms with van der Waals surface area (Å²) in [6, 6.07) is 21.0. The van der Waals surface area contributed by atoms with Crippen LogP contribution in [-0.4, -0.2) is 40.8 Å². The number of imide groups is 1. The molecule has 8 heteroatoms. The normalized spacial score (nSPS) is 17.4. The number of benzene rings is 3. The largest absolute Gasteiger partial charge is 0.354 e. The first-order valence-electron chi connectivity index (χ1n) is 11.7. The summed E-state index contributed by atoms with van der Waals surface area (Å²) in [5.74, 6) is -0.818. The Labute approximate surface area is 213 Å². The van der Waals surface area contributed by atoms with Crippen LogP contribution in [0.1, 0.15) is 23.1 Å². The van der Waals surface area contributed by atoms with Crippen molar-refractivity contribution in [2.75, 3.05) is 13.1 Å². The van der Waals surface area contributed by atoms with Crippen molar-refractivity contribution >= 4 is 40.0 Å². The van der Waals surface area contributed by atoms with Crippen molar-refractivity contribution in [3.63, 3.8) is 0 Å². The maximum atomic E-state index is 13.2. The number of hydrogen-bond donors (Lipinski definition) is 2. The Morgan fingerprint density at radius 3 is 2.53 bits per heavy atom. The molecule has 1 fully saturated rings. The number of aryl methyl sites for hydroxylation is 1. The van der Waals surface area contributed by atoms with Crippen LogP contribution in [0.5, 0.6) is 0 Å². The topological polar surface area (TPSA) is 91.4 Å². The number of carbonyl (C=O) groups is 3. The zero-order chi connectivity index (χ0) is 25.3. The lowest BCUT2D eigenvalue weighted by Crippen LogP contribution is -2.43. The lowest BCUT2D eigenvalue weighted by atomic mass is 9.90. The van der Waals surface area contributed by atoms with E-state index in [0.717, 1.165) is 37.5 Å². The second-order valence-corrected chi connectivity index (χ2v) is 10.1. The highest BCUT2D eigenvalue weighted by atomic mass is 32.1. The van der Waals surface area contributed by atoms with Gasteiger partial charge in [-0.3, -0.25) is 14.5 Å². The third kappa shape index (κ3) is 4.59. The van der Waals surface area contributed by atoms with Gasteiger partial charge in [0.25, 0.3) is 5.91 Å². The molecule has 2 N–H and O–H groups in total. The molecule has 2 heterocycles. The molecule has 3 aromatic carbocycles. The van der Waals surface area contributed by atoms with Crippen molar-refractivity contribution in [2.45, 2.75) is 25.8 Å². The van der Waals surface area contributed by atoms with Crippen molar-refractivity contribution < 1.29 is 14.4 Å². The fraction of sp³-hybridized carbons (Fsp3) is 0.214. The SMILES string of the molecule is Cc1nc(-c2ccc(CCNC(=O)CN3C(=O)N[C@](C)(c4ccc5ccccc5c4)C3=O)cc2)cs1. The van der Waals surface area contributed by atoms with Crippen LogP contribution >= 0.6 is 11.3 Å². The summed E-state index contributed by atoms with van der Waals surface area (Å²) in [6.07, 6.45) is 0.636. The van der Waals surface area contributed by atoms with Gasteiger partial charge in [0.1, 0.15) is 12.1 Å². The third-order valence-corrected chi connectivity index (χ3v) is 7.28. The van der Waals surface area contributed by atoms with E-state index in [1.807, 2.05) is 79.0 Å². The van der Waals surface area contributed by atoms with Gasteiger partial charge in [0, 0.05) is 17.5 Å². The smallest absolute Gasteiger partial charge is 0.325 e. The zero-order valence-corrected chi connectivity index (χ0v) is 20.9. The number of rotatable bonds is 7. The molecule has 1 atom stereocenters. The van der Waals surface area contributed by atoms with Crippen molar-refractivity contribution in [1.29, 1.82) is 0 Å². The van der Waals surface area contributed by atoms with Crippen molar-refractivity contribution in [2.24, 2.45) is 0 Å². The minimum atomic E-state index is -1.22. The number of aromatic nitrogens is 1. The molecular formula is C28H26N4O3S. The first-order chi connectivity index (χ1) is 17.3. The lowest BCUT2D eigenvalue weighted by Gasteiger charge is -2.22. The van der Waals surface area contributed by atoms with Gasteiger partial charge in [0.2, 0.25) is 5.91 Å². The molecule has 0 unspecified atom stereocenters. The first-order valence-corrected chi connectivity index (χ1v) is 12.6. The number of nitrogens with zero attached hydrogens (tertiary/aromatic N) is 2. The van der Waals surface area contributed by atoms with Gasteiger partial charge in [0.05, 0.1) is 10.7 Å². The van der Waals surface area contributed by atoms with E-state index in [2.05, 4.69) is 15.6 Å². The zero-order valence-electron chi connectivity index (χ0n) is 20.1. The summed E-state index contributed by atoms with van der Waals surface area (Å²) >= 11 is 1.62. The van der Waals surface area contributed by atoms with Gasteiger partial charge in [-0.1, -0.05) is 60.7 Å². The van der Waals surface area contributed by atoms with Gasteiger partial charge in [-0.2, -0.15) is 0 Å². The van der Waals surface area contributed by atoms with Crippen LogP contribution in [0.3, 0.4) is 0 Å². The molecule has 0 aliphatic carbocycles. The summed E-state index contributed by atoms with van der Waals surface area (Å²) in [5, 5.41) is 10.7. The van der Waals surface area contributed by atoms with Gasteiger partial charge in [-0.05, 0) is 48.2 Å². The molecule has 1 aromatic heterocycles. The minimum absolute atomic E-state index is 0.323. The molecular weight excluding hydrogens is 472 g/mol. The summed E-state index contributed by atoms with van der Waals surface area (Å²) in [6.45, 7) is 3.73. The molecule has 1 saturated heterocycles. The Bertz CT molecular complexity index is 1460. The molecule has 0 spiro atoms. The average molecular weight is 499 g/mol. The summed E-state index contributed by atoms with van der Waals surface area (Å²) in [7, 11) is 0. The molecule has 0 bridgehead atoms. The van der Waals surface area contributed by atoms with E-state index in [1.54, 1.807) is 18.3 Å². The highest BCUT2D eigenvalue weighted by molar-refractivity contribution is 7.09. The number of nitrogens with one attached hydrogen (secondary N) is 2. The molecule has 1 aliphatic rings. The Morgan fingerprint density at radius 1 is 1.06 bits per heavy atom. The minimum Gasteiger partial charge on any atom is -0.354 e. The van der Waals surface area contributed by atoms with E-state index in [4.69, 9.17) is 0 Å². The standard InChI is InChI=1S/C28H26N4O3S/c1-18-30-24(17-36-18)21-9-7-19(8-10-21)13-14-29-25(33)16-32-26(34)28(2,31-27(32)35)23-12-11-20-5-3-4-6-22(20)15-23/h3-12,15,17H,13-14,16H2,1-2H3,(H,29,33)(H,31,35)/t28-/m1/s1. The van der Waals surface area contributed by atoms with Gasteiger partial charge in [0.15, 0.2) is 0 Å². The Kier molecular flexibility index (Phi) is 6.28. The van der Waals surface area contributed by atoms with Gasteiger partial charge in [-0.15, -0.1) is 11.3 Å². The van der Waals surface area contributed by atoms with Crippen molar-refractivity contribution in [3.8, 4) is 11.3 Å².